The molecule has 3 aromatic rings. The topological polar surface area (TPSA) is 75.6 Å². The zero-order valence-corrected chi connectivity index (χ0v) is 16.4. The van der Waals surface area contributed by atoms with Crippen molar-refractivity contribution in [1.29, 1.82) is 0 Å². The van der Waals surface area contributed by atoms with Crippen molar-refractivity contribution < 1.29 is 19.4 Å². The van der Waals surface area contributed by atoms with Gasteiger partial charge in [-0.1, -0.05) is 59.6 Å². The Morgan fingerprint density at radius 1 is 0.897 bits per heavy atom. The summed E-state index contributed by atoms with van der Waals surface area (Å²) in [6.07, 6.45) is 1.36. The fourth-order valence-electron chi connectivity index (χ4n) is 2.42. The molecule has 146 valence electrons. The molecule has 0 spiro atoms. The molecule has 7 heteroatoms. The minimum atomic E-state index is -1.25. The van der Waals surface area contributed by atoms with Gasteiger partial charge in [-0.25, -0.2) is 4.79 Å². The Balaban J connectivity index is 1.76. The number of rotatable bonds is 6. The van der Waals surface area contributed by atoms with Gasteiger partial charge in [-0.2, -0.15) is 0 Å². The molecule has 0 radical (unpaired) electrons. The molecule has 0 heterocycles. The smallest absolute Gasteiger partial charge is 0.352 e. The van der Waals surface area contributed by atoms with E-state index in [2.05, 4.69) is 5.32 Å². The van der Waals surface area contributed by atoms with Crippen LogP contribution in [0, 0.1) is 0 Å². The predicted molar refractivity (Wildman–Crippen MR) is 112 cm³/mol. The third-order valence-electron chi connectivity index (χ3n) is 3.85. The second-order valence-electron chi connectivity index (χ2n) is 5.91. The van der Waals surface area contributed by atoms with E-state index in [1.165, 1.54) is 6.08 Å². The molecule has 0 atom stereocenters. The van der Waals surface area contributed by atoms with E-state index in [0.29, 0.717) is 32.7 Å². The third-order valence-corrected chi connectivity index (χ3v) is 4.65. The molecule has 0 aliphatic heterocycles. The number of hydrogen-bond donors (Lipinski definition) is 2. The van der Waals surface area contributed by atoms with E-state index >= 15 is 0 Å². The molecule has 0 unspecified atom stereocenters. The summed E-state index contributed by atoms with van der Waals surface area (Å²) >= 11 is 12.1. The lowest BCUT2D eigenvalue weighted by atomic mass is 10.1. The predicted octanol–water partition coefficient (Wildman–Crippen LogP) is 5.64. The third kappa shape index (κ3) is 5.38. The summed E-state index contributed by atoms with van der Waals surface area (Å²) in [6, 6.07) is 20.0. The molecule has 0 fully saturated rings. The molecule has 2 N–H and O–H groups in total. The number of halogens is 2. The standard InChI is InChI=1S/C22H15Cl2NO4/c23-17-7-4-8-19(20(17)24)29-16-11-9-14(10-12-16)13-18(22(27)28)25-21(26)15-5-2-1-3-6-15/h1-13H,(H,25,26)(H,27,28). The van der Waals surface area contributed by atoms with E-state index < -0.39 is 11.9 Å². The quantitative estimate of drug-likeness (QED) is 0.498. The summed E-state index contributed by atoms with van der Waals surface area (Å²) in [5, 5.41) is 12.5. The van der Waals surface area contributed by atoms with Crippen LogP contribution >= 0.6 is 23.2 Å². The summed E-state index contributed by atoms with van der Waals surface area (Å²) in [6.45, 7) is 0. The Morgan fingerprint density at radius 2 is 1.59 bits per heavy atom. The Kier molecular flexibility index (Phi) is 6.54. The molecule has 0 bridgehead atoms. The van der Waals surface area contributed by atoms with E-state index in [9.17, 15) is 14.7 Å². The van der Waals surface area contributed by atoms with Crippen LogP contribution in [0.15, 0.2) is 78.5 Å². The molecule has 3 rings (SSSR count). The van der Waals surface area contributed by atoms with Crippen LogP contribution in [0.25, 0.3) is 6.08 Å². The lowest BCUT2D eigenvalue weighted by molar-refractivity contribution is -0.132. The fraction of sp³-hybridized carbons (Fsp3) is 0. The van der Waals surface area contributed by atoms with Crippen LogP contribution in [0.4, 0.5) is 0 Å². The number of aliphatic carboxylic acids is 1. The van der Waals surface area contributed by atoms with Crippen molar-refractivity contribution in [1.82, 2.24) is 5.32 Å². The van der Waals surface area contributed by atoms with Crippen molar-refractivity contribution in [2.24, 2.45) is 0 Å². The monoisotopic (exact) mass is 427 g/mol. The number of benzene rings is 3. The summed E-state index contributed by atoms with van der Waals surface area (Å²) in [5.41, 5.74) is 0.688. The second-order valence-corrected chi connectivity index (χ2v) is 6.69. The molecule has 0 aliphatic rings. The van der Waals surface area contributed by atoms with E-state index in [1.54, 1.807) is 72.8 Å². The maximum Gasteiger partial charge on any atom is 0.352 e. The molecule has 29 heavy (non-hydrogen) atoms. The van der Waals surface area contributed by atoms with E-state index in [4.69, 9.17) is 27.9 Å². The van der Waals surface area contributed by atoms with Crippen molar-refractivity contribution in [2.75, 3.05) is 0 Å². The number of nitrogens with one attached hydrogen (secondary N) is 1. The van der Waals surface area contributed by atoms with Gasteiger partial charge in [0, 0.05) is 5.56 Å². The molecule has 3 aromatic carbocycles. The number of hydrogen-bond acceptors (Lipinski definition) is 3. The Hall–Kier alpha value is -3.28. The highest BCUT2D eigenvalue weighted by molar-refractivity contribution is 6.42. The highest BCUT2D eigenvalue weighted by atomic mass is 35.5. The Bertz CT molecular complexity index is 1060. The zero-order valence-electron chi connectivity index (χ0n) is 14.9. The average molecular weight is 428 g/mol. The first kappa shape index (κ1) is 20.5. The van der Waals surface area contributed by atoms with Gasteiger partial charge in [0.15, 0.2) is 0 Å². The van der Waals surface area contributed by atoms with E-state index in [-0.39, 0.29) is 5.70 Å². The summed E-state index contributed by atoms with van der Waals surface area (Å²) < 4.78 is 5.70. The van der Waals surface area contributed by atoms with Gasteiger partial charge in [0.2, 0.25) is 0 Å². The number of amides is 1. The van der Waals surface area contributed by atoms with Crippen LogP contribution in [-0.4, -0.2) is 17.0 Å². The molecular formula is C22H15Cl2NO4. The van der Waals surface area contributed by atoms with Gasteiger partial charge in [0.1, 0.15) is 22.2 Å². The number of carbonyl (C=O) groups is 2. The Morgan fingerprint density at radius 3 is 2.24 bits per heavy atom. The van der Waals surface area contributed by atoms with Crippen molar-refractivity contribution in [3.63, 3.8) is 0 Å². The highest BCUT2D eigenvalue weighted by Crippen LogP contribution is 2.34. The SMILES string of the molecule is O=C(O)C(=Cc1ccc(Oc2cccc(Cl)c2Cl)cc1)NC(=O)c1ccccc1. The summed E-state index contributed by atoms with van der Waals surface area (Å²) in [5.74, 6) is -0.851. The maximum atomic E-state index is 12.2. The Labute approximate surface area is 177 Å². The van der Waals surface area contributed by atoms with E-state index in [0.717, 1.165) is 0 Å². The van der Waals surface area contributed by atoms with Gasteiger partial charge >= 0.3 is 5.97 Å². The molecule has 5 nitrogen and oxygen atoms in total. The first-order valence-electron chi connectivity index (χ1n) is 8.47. The molecule has 1 amide bonds. The van der Waals surface area contributed by atoms with Crippen LogP contribution < -0.4 is 10.1 Å². The zero-order chi connectivity index (χ0) is 20.8. The maximum absolute atomic E-state index is 12.2. The largest absolute Gasteiger partial charge is 0.477 e. The normalized spacial score (nSPS) is 11.0. The van der Waals surface area contributed by atoms with Crippen molar-refractivity contribution >= 4 is 41.2 Å². The van der Waals surface area contributed by atoms with Crippen LogP contribution in [0.5, 0.6) is 11.5 Å². The molecule has 0 saturated carbocycles. The van der Waals surface area contributed by atoms with Gasteiger partial charge in [0.25, 0.3) is 5.91 Å². The summed E-state index contributed by atoms with van der Waals surface area (Å²) in [7, 11) is 0. The number of ether oxygens (including phenoxy) is 1. The molecule has 0 aromatic heterocycles. The number of carboxylic acid groups (broad SMARTS) is 1. The van der Waals surface area contributed by atoms with Gasteiger partial charge in [-0.15, -0.1) is 0 Å². The minimum Gasteiger partial charge on any atom is -0.477 e. The minimum absolute atomic E-state index is 0.245. The van der Waals surface area contributed by atoms with Gasteiger partial charge in [0.05, 0.1) is 5.02 Å². The van der Waals surface area contributed by atoms with Gasteiger partial charge in [-0.05, 0) is 48.0 Å². The molecule has 0 aliphatic carbocycles. The van der Waals surface area contributed by atoms with Crippen LogP contribution in [0.1, 0.15) is 15.9 Å². The number of carboxylic acids is 1. The lowest BCUT2D eigenvalue weighted by Gasteiger charge is -2.09. The van der Waals surface area contributed by atoms with Crippen molar-refractivity contribution in [2.45, 2.75) is 0 Å². The number of carbonyl (C=O) groups excluding carboxylic acids is 1. The highest BCUT2D eigenvalue weighted by Gasteiger charge is 2.13. The van der Waals surface area contributed by atoms with Gasteiger partial charge in [-0.3, -0.25) is 4.79 Å². The van der Waals surface area contributed by atoms with E-state index in [1.807, 2.05) is 0 Å². The second kappa shape index (κ2) is 9.28. The van der Waals surface area contributed by atoms with Crippen LogP contribution in [0.3, 0.4) is 0 Å². The van der Waals surface area contributed by atoms with Crippen molar-refractivity contribution in [3.05, 3.63) is 99.7 Å². The first-order valence-corrected chi connectivity index (χ1v) is 9.23. The summed E-state index contributed by atoms with van der Waals surface area (Å²) in [4.78, 5) is 23.7. The van der Waals surface area contributed by atoms with Crippen LogP contribution in [-0.2, 0) is 4.79 Å². The van der Waals surface area contributed by atoms with Crippen LogP contribution in [0.2, 0.25) is 10.0 Å². The first-order chi connectivity index (χ1) is 13.9. The average Bonchev–Trinajstić information content (AvgIpc) is 2.72. The molecule has 0 saturated heterocycles. The molecular weight excluding hydrogens is 413 g/mol. The fourth-order valence-corrected chi connectivity index (χ4v) is 2.75. The van der Waals surface area contributed by atoms with Gasteiger partial charge < -0.3 is 15.2 Å². The lowest BCUT2D eigenvalue weighted by Crippen LogP contribution is -2.27. The van der Waals surface area contributed by atoms with Crippen molar-refractivity contribution in [3.8, 4) is 11.5 Å².